The predicted octanol–water partition coefficient (Wildman–Crippen LogP) is 3.75. The lowest BCUT2D eigenvalue weighted by Crippen LogP contribution is -2.41. The molecule has 1 saturated heterocycles. The van der Waals surface area contributed by atoms with E-state index < -0.39 is 0 Å². The summed E-state index contributed by atoms with van der Waals surface area (Å²) in [4.78, 5) is 21.4. The molecule has 3 heterocycles. The normalized spacial score (nSPS) is 19.6. The Hall–Kier alpha value is -3.02. The van der Waals surface area contributed by atoms with E-state index in [-0.39, 0.29) is 0 Å². The van der Waals surface area contributed by atoms with Gasteiger partial charge in [-0.3, -0.25) is 9.79 Å². The molecule has 0 bridgehead atoms. The van der Waals surface area contributed by atoms with Crippen molar-refractivity contribution in [1.82, 2.24) is 10.2 Å². The van der Waals surface area contributed by atoms with E-state index in [9.17, 15) is 4.79 Å². The Morgan fingerprint density at radius 2 is 2.12 bits per heavy atom. The number of para-hydroxylation sites is 1. The van der Waals surface area contributed by atoms with Gasteiger partial charge in [-0.05, 0) is 55.0 Å². The van der Waals surface area contributed by atoms with Crippen molar-refractivity contribution in [2.24, 2.45) is 4.99 Å². The third-order valence-corrected chi connectivity index (χ3v) is 7.00. The summed E-state index contributed by atoms with van der Waals surface area (Å²) in [6, 6.07) is 15.2. The number of likely N-dealkylation sites (tertiary alicyclic amines) is 1. The highest BCUT2D eigenvalue weighted by atomic mass is 16.5. The van der Waals surface area contributed by atoms with Crippen LogP contribution in [0.1, 0.15) is 48.8 Å². The van der Waals surface area contributed by atoms with E-state index in [1.165, 1.54) is 22.4 Å². The number of nitrogens with one attached hydrogen (secondary N) is 1. The Morgan fingerprint density at radius 3 is 2.97 bits per heavy atom. The van der Waals surface area contributed by atoms with Crippen LogP contribution in [0.3, 0.4) is 0 Å². The molecule has 33 heavy (non-hydrogen) atoms. The molecule has 2 aromatic rings. The van der Waals surface area contributed by atoms with Gasteiger partial charge in [0.15, 0.2) is 5.96 Å². The van der Waals surface area contributed by atoms with Crippen LogP contribution in [0.2, 0.25) is 0 Å². The van der Waals surface area contributed by atoms with Crippen LogP contribution in [0.15, 0.2) is 47.5 Å². The average Bonchev–Trinajstić information content (AvgIpc) is 3.55. The van der Waals surface area contributed by atoms with Gasteiger partial charge in [-0.1, -0.05) is 30.3 Å². The number of rotatable bonds is 7. The van der Waals surface area contributed by atoms with Crippen LogP contribution in [0.25, 0.3) is 0 Å². The third kappa shape index (κ3) is 4.70. The Labute approximate surface area is 196 Å². The average molecular weight is 447 g/mol. The Balaban J connectivity index is 1.28. The second kappa shape index (κ2) is 9.86. The molecule has 1 amide bonds. The van der Waals surface area contributed by atoms with Crippen molar-refractivity contribution in [3.63, 3.8) is 0 Å². The molecular formula is C27H34N4O2. The van der Waals surface area contributed by atoms with Gasteiger partial charge in [0.05, 0.1) is 6.61 Å². The minimum atomic E-state index is 0.311. The lowest BCUT2D eigenvalue weighted by molar-refractivity contribution is -0.127. The quantitative estimate of drug-likeness (QED) is 0.520. The highest BCUT2D eigenvalue weighted by Crippen LogP contribution is 2.38. The molecule has 2 aromatic carbocycles. The van der Waals surface area contributed by atoms with Crippen LogP contribution in [0, 0.1) is 0 Å². The van der Waals surface area contributed by atoms with Crippen molar-refractivity contribution in [3.8, 4) is 5.75 Å². The first kappa shape index (κ1) is 21.8. The van der Waals surface area contributed by atoms with Gasteiger partial charge in [-0.2, -0.15) is 0 Å². The number of nitrogens with zero attached hydrogens (tertiary/aromatic N) is 3. The molecule has 6 nitrogen and oxygen atoms in total. The topological polar surface area (TPSA) is 57.2 Å². The van der Waals surface area contributed by atoms with E-state index >= 15 is 0 Å². The fourth-order valence-electron chi connectivity index (χ4n) is 5.28. The number of amides is 1. The third-order valence-electron chi connectivity index (χ3n) is 7.00. The van der Waals surface area contributed by atoms with Crippen LogP contribution >= 0.6 is 0 Å². The molecule has 0 aromatic heterocycles. The summed E-state index contributed by atoms with van der Waals surface area (Å²) < 4.78 is 5.63. The number of benzene rings is 2. The minimum absolute atomic E-state index is 0.311. The maximum atomic E-state index is 12.1. The van der Waals surface area contributed by atoms with E-state index in [2.05, 4.69) is 59.6 Å². The van der Waals surface area contributed by atoms with E-state index in [1.807, 2.05) is 4.90 Å². The zero-order chi connectivity index (χ0) is 22.6. The van der Waals surface area contributed by atoms with Crippen LogP contribution in [0.4, 0.5) is 5.69 Å². The summed E-state index contributed by atoms with van der Waals surface area (Å²) in [6.07, 6.45) is 4.63. The van der Waals surface area contributed by atoms with E-state index in [4.69, 9.17) is 9.73 Å². The van der Waals surface area contributed by atoms with Crippen molar-refractivity contribution in [3.05, 3.63) is 59.2 Å². The molecule has 1 fully saturated rings. The van der Waals surface area contributed by atoms with Crippen LogP contribution in [0.5, 0.6) is 5.75 Å². The summed E-state index contributed by atoms with van der Waals surface area (Å²) in [5.74, 6) is 2.71. The summed E-state index contributed by atoms with van der Waals surface area (Å²) in [5.41, 5.74) is 5.24. The summed E-state index contributed by atoms with van der Waals surface area (Å²) in [5, 5.41) is 3.51. The fraction of sp³-hybridized carbons (Fsp3) is 0.481. The number of ether oxygens (including phenoxy) is 1. The van der Waals surface area contributed by atoms with E-state index in [0.717, 1.165) is 76.7 Å². The molecule has 3 aliphatic rings. The molecular weight excluding hydrogens is 412 g/mol. The van der Waals surface area contributed by atoms with Gasteiger partial charge in [0.25, 0.3) is 0 Å². The molecule has 174 valence electrons. The fourth-order valence-corrected chi connectivity index (χ4v) is 5.28. The van der Waals surface area contributed by atoms with Crippen molar-refractivity contribution >= 4 is 17.6 Å². The summed E-state index contributed by atoms with van der Waals surface area (Å²) in [7, 11) is 0. The van der Waals surface area contributed by atoms with E-state index in [0.29, 0.717) is 18.2 Å². The number of aliphatic imine (C=N–C) groups is 1. The highest BCUT2D eigenvalue weighted by molar-refractivity contribution is 5.98. The zero-order valence-corrected chi connectivity index (χ0v) is 19.6. The van der Waals surface area contributed by atoms with Gasteiger partial charge >= 0.3 is 0 Å². The maximum absolute atomic E-state index is 12.1. The summed E-state index contributed by atoms with van der Waals surface area (Å²) >= 11 is 0. The molecule has 5 rings (SSSR count). The van der Waals surface area contributed by atoms with Gasteiger partial charge in [0.2, 0.25) is 5.91 Å². The number of hydrogen-bond acceptors (Lipinski definition) is 3. The van der Waals surface area contributed by atoms with E-state index in [1.54, 1.807) is 0 Å². The van der Waals surface area contributed by atoms with Gasteiger partial charge in [0, 0.05) is 57.2 Å². The standard InChI is InChI=1S/C27H34N4O2/c1-2-28-27(29-14-11-20-9-10-25-21(18-20)13-17-33-25)31-19-22(23-6-3-4-7-24(23)31)12-16-30-15-5-8-26(30)32/h3-4,6-7,9-10,18,22H,2,5,8,11-17,19H2,1H3,(H,28,29). The van der Waals surface area contributed by atoms with Crippen LogP contribution in [-0.4, -0.2) is 56.1 Å². The lowest BCUT2D eigenvalue weighted by atomic mass is 9.98. The van der Waals surface area contributed by atoms with Crippen LogP contribution < -0.4 is 15.0 Å². The number of carbonyl (C=O) groups is 1. The molecule has 6 heteroatoms. The van der Waals surface area contributed by atoms with Crippen molar-refractivity contribution in [1.29, 1.82) is 0 Å². The molecule has 0 aliphatic carbocycles. The largest absolute Gasteiger partial charge is 0.493 e. The molecule has 3 aliphatic heterocycles. The zero-order valence-electron chi connectivity index (χ0n) is 19.6. The van der Waals surface area contributed by atoms with Crippen molar-refractivity contribution in [2.45, 2.75) is 44.9 Å². The van der Waals surface area contributed by atoms with Crippen molar-refractivity contribution in [2.75, 3.05) is 44.2 Å². The number of guanidine groups is 1. The first-order valence-corrected chi connectivity index (χ1v) is 12.4. The first-order chi connectivity index (χ1) is 16.2. The second-order valence-corrected chi connectivity index (χ2v) is 9.17. The number of anilines is 1. The van der Waals surface area contributed by atoms with Crippen molar-refractivity contribution < 1.29 is 9.53 Å². The lowest BCUT2D eigenvalue weighted by Gasteiger charge is -2.23. The second-order valence-electron chi connectivity index (χ2n) is 9.17. The summed E-state index contributed by atoms with van der Waals surface area (Å²) in [6.45, 7) is 7.16. The van der Waals surface area contributed by atoms with Crippen LogP contribution in [-0.2, 0) is 17.6 Å². The smallest absolute Gasteiger partial charge is 0.222 e. The Bertz CT molecular complexity index is 1030. The molecule has 0 spiro atoms. The highest BCUT2D eigenvalue weighted by Gasteiger charge is 2.32. The number of fused-ring (bicyclic) bond motifs is 2. The molecule has 0 radical (unpaired) electrons. The van der Waals surface area contributed by atoms with Gasteiger partial charge in [0.1, 0.15) is 5.75 Å². The SMILES string of the molecule is CCNC(=NCCc1ccc2c(c1)CCO2)N1CC(CCN2CCCC2=O)c2ccccc21. The first-order valence-electron chi connectivity index (χ1n) is 12.4. The minimum Gasteiger partial charge on any atom is -0.493 e. The molecule has 0 saturated carbocycles. The monoisotopic (exact) mass is 446 g/mol. The molecule has 1 N–H and O–H groups in total. The maximum Gasteiger partial charge on any atom is 0.222 e. The number of hydrogen-bond donors (Lipinski definition) is 1. The Kier molecular flexibility index (Phi) is 6.51. The Morgan fingerprint density at radius 1 is 1.21 bits per heavy atom. The van der Waals surface area contributed by atoms with Gasteiger partial charge in [-0.15, -0.1) is 0 Å². The predicted molar refractivity (Wildman–Crippen MR) is 132 cm³/mol. The van der Waals surface area contributed by atoms with Gasteiger partial charge in [-0.25, -0.2) is 0 Å². The van der Waals surface area contributed by atoms with Gasteiger partial charge < -0.3 is 19.9 Å². The molecule has 1 atom stereocenters. The molecule has 1 unspecified atom stereocenters. The number of carbonyl (C=O) groups excluding carboxylic acids is 1.